The smallest absolute Gasteiger partial charge is 0.344 e. The summed E-state index contributed by atoms with van der Waals surface area (Å²) in [6.07, 6.45) is -0.164. The molecule has 29 heavy (non-hydrogen) atoms. The zero-order valence-electron chi connectivity index (χ0n) is 15.0. The lowest BCUT2D eigenvalue weighted by Crippen LogP contribution is -2.46. The van der Waals surface area contributed by atoms with E-state index < -0.39 is 17.8 Å². The number of carboxylic acid groups (broad SMARTS) is 1. The van der Waals surface area contributed by atoms with Gasteiger partial charge in [-0.05, 0) is 23.7 Å². The van der Waals surface area contributed by atoms with Gasteiger partial charge in [0.25, 0.3) is 0 Å². The second-order valence-corrected chi connectivity index (χ2v) is 7.26. The van der Waals surface area contributed by atoms with E-state index in [4.69, 9.17) is 21.1 Å². The number of morpholine rings is 1. The first-order valence-electron chi connectivity index (χ1n) is 8.61. The standard InChI is InChI=1S/C17H18ClFN4O5S/c18-10-2-1-9(12(19)5-10)8-28-14-13(16(24)25)15(29-23-14)22-17(26)21-7-11-6-20-3-4-27-11/h1-2,5,11,20H,3-4,6-8H2,(H,24,25)(H2,21,22,26). The summed E-state index contributed by atoms with van der Waals surface area (Å²) in [6.45, 7) is 1.94. The normalized spacial score (nSPS) is 16.3. The molecular weight excluding hydrogens is 427 g/mol. The summed E-state index contributed by atoms with van der Waals surface area (Å²) in [6, 6.07) is 3.45. The Morgan fingerprint density at radius 1 is 1.48 bits per heavy atom. The summed E-state index contributed by atoms with van der Waals surface area (Å²) >= 11 is 6.45. The maximum atomic E-state index is 13.8. The van der Waals surface area contributed by atoms with Crippen molar-refractivity contribution in [2.75, 3.05) is 31.6 Å². The Bertz CT molecular complexity index is 891. The van der Waals surface area contributed by atoms with Gasteiger partial charge in [-0.3, -0.25) is 5.32 Å². The number of carbonyl (C=O) groups is 2. The molecule has 2 amide bonds. The minimum absolute atomic E-state index is 0.00395. The molecule has 1 aromatic carbocycles. The molecule has 1 aliphatic heterocycles. The van der Waals surface area contributed by atoms with Gasteiger partial charge in [0.1, 0.15) is 17.4 Å². The average molecular weight is 445 g/mol. The lowest BCUT2D eigenvalue weighted by Gasteiger charge is -2.23. The van der Waals surface area contributed by atoms with Gasteiger partial charge in [-0.15, -0.1) is 0 Å². The van der Waals surface area contributed by atoms with Crippen molar-refractivity contribution in [2.24, 2.45) is 0 Å². The molecule has 2 aromatic rings. The summed E-state index contributed by atoms with van der Waals surface area (Å²) in [7, 11) is 0. The number of hydrogen-bond acceptors (Lipinski definition) is 7. The van der Waals surface area contributed by atoms with Crippen LogP contribution in [0.15, 0.2) is 18.2 Å². The van der Waals surface area contributed by atoms with Crippen molar-refractivity contribution in [3.8, 4) is 5.88 Å². The number of rotatable bonds is 7. The fourth-order valence-electron chi connectivity index (χ4n) is 2.54. The third-order valence-corrected chi connectivity index (χ3v) is 4.96. The minimum Gasteiger partial charge on any atom is -0.477 e. The maximum absolute atomic E-state index is 13.8. The number of nitrogens with one attached hydrogen (secondary N) is 3. The Balaban J connectivity index is 1.61. The molecule has 0 spiro atoms. The first kappa shape index (κ1) is 21.2. The topological polar surface area (TPSA) is 122 Å². The molecule has 0 saturated carbocycles. The lowest BCUT2D eigenvalue weighted by molar-refractivity contribution is 0.0310. The predicted octanol–water partition coefficient (Wildman–Crippen LogP) is 2.32. The molecule has 1 saturated heterocycles. The fraction of sp³-hybridized carbons (Fsp3) is 0.353. The molecule has 0 aliphatic carbocycles. The van der Waals surface area contributed by atoms with Crippen LogP contribution in [-0.2, 0) is 11.3 Å². The monoisotopic (exact) mass is 444 g/mol. The molecule has 4 N–H and O–H groups in total. The van der Waals surface area contributed by atoms with E-state index in [-0.39, 0.29) is 46.3 Å². The van der Waals surface area contributed by atoms with Crippen molar-refractivity contribution < 1.29 is 28.6 Å². The van der Waals surface area contributed by atoms with Gasteiger partial charge in [-0.2, -0.15) is 4.37 Å². The van der Waals surface area contributed by atoms with Gasteiger partial charge < -0.3 is 25.2 Å². The third kappa shape index (κ3) is 5.76. The molecule has 0 bridgehead atoms. The van der Waals surface area contributed by atoms with E-state index in [9.17, 15) is 19.1 Å². The van der Waals surface area contributed by atoms with E-state index in [1.165, 1.54) is 12.1 Å². The number of aromatic nitrogens is 1. The Hall–Kier alpha value is -2.47. The van der Waals surface area contributed by atoms with Crippen LogP contribution in [0.3, 0.4) is 0 Å². The number of hydrogen-bond donors (Lipinski definition) is 4. The van der Waals surface area contributed by atoms with Gasteiger partial charge in [0.05, 0.1) is 12.7 Å². The highest BCUT2D eigenvalue weighted by Crippen LogP contribution is 2.31. The van der Waals surface area contributed by atoms with Crippen LogP contribution in [0.2, 0.25) is 5.02 Å². The van der Waals surface area contributed by atoms with Gasteiger partial charge in [-0.1, -0.05) is 17.7 Å². The van der Waals surface area contributed by atoms with E-state index in [0.717, 1.165) is 24.1 Å². The fourth-order valence-corrected chi connectivity index (χ4v) is 3.42. The molecule has 1 fully saturated rings. The predicted molar refractivity (Wildman–Crippen MR) is 104 cm³/mol. The first-order valence-corrected chi connectivity index (χ1v) is 9.76. The Morgan fingerprint density at radius 2 is 2.31 bits per heavy atom. The third-order valence-electron chi connectivity index (χ3n) is 3.98. The number of ether oxygens (including phenoxy) is 2. The zero-order chi connectivity index (χ0) is 20.8. The molecular formula is C17H18ClFN4O5S. The Labute approximate surface area is 174 Å². The van der Waals surface area contributed by atoms with Crippen molar-refractivity contribution in [2.45, 2.75) is 12.7 Å². The average Bonchev–Trinajstić information content (AvgIpc) is 3.09. The van der Waals surface area contributed by atoms with Gasteiger partial charge in [0.15, 0.2) is 5.56 Å². The highest BCUT2D eigenvalue weighted by Gasteiger charge is 2.24. The van der Waals surface area contributed by atoms with Crippen LogP contribution in [0.25, 0.3) is 0 Å². The summed E-state index contributed by atoms with van der Waals surface area (Å²) in [4.78, 5) is 23.7. The van der Waals surface area contributed by atoms with Crippen molar-refractivity contribution in [1.82, 2.24) is 15.0 Å². The molecule has 3 rings (SSSR count). The van der Waals surface area contributed by atoms with Crippen molar-refractivity contribution in [3.05, 3.63) is 40.2 Å². The van der Waals surface area contributed by atoms with Crippen LogP contribution in [0.4, 0.5) is 14.2 Å². The first-order chi connectivity index (χ1) is 13.9. The zero-order valence-corrected chi connectivity index (χ0v) is 16.6. The lowest BCUT2D eigenvalue weighted by atomic mass is 10.2. The second kappa shape index (κ2) is 9.83. The van der Waals surface area contributed by atoms with Crippen molar-refractivity contribution in [1.29, 1.82) is 0 Å². The quantitative estimate of drug-likeness (QED) is 0.517. The highest BCUT2D eigenvalue weighted by molar-refractivity contribution is 7.11. The molecule has 156 valence electrons. The Kier molecular flexibility index (Phi) is 7.20. The molecule has 1 aliphatic rings. The number of nitrogens with zero attached hydrogens (tertiary/aromatic N) is 1. The van der Waals surface area contributed by atoms with Gasteiger partial charge in [-0.25, -0.2) is 14.0 Å². The summed E-state index contributed by atoms with van der Waals surface area (Å²) in [5.74, 6) is -2.13. The Morgan fingerprint density at radius 3 is 3.00 bits per heavy atom. The SMILES string of the molecule is O=C(NCC1CNCCO1)Nc1snc(OCc2ccc(Cl)cc2F)c1C(=O)O. The van der Waals surface area contributed by atoms with Crippen LogP contribution >= 0.6 is 23.1 Å². The van der Waals surface area contributed by atoms with E-state index in [0.29, 0.717) is 13.2 Å². The molecule has 1 aromatic heterocycles. The van der Waals surface area contributed by atoms with Crippen LogP contribution in [0.5, 0.6) is 5.88 Å². The summed E-state index contributed by atoms with van der Waals surface area (Å²) in [5.41, 5.74) is -0.123. The number of aromatic carboxylic acids is 1. The molecule has 12 heteroatoms. The van der Waals surface area contributed by atoms with E-state index in [2.05, 4.69) is 20.3 Å². The van der Waals surface area contributed by atoms with Crippen molar-refractivity contribution >= 4 is 40.1 Å². The summed E-state index contributed by atoms with van der Waals surface area (Å²) < 4.78 is 28.6. The largest absolute Gasteiger partial charge is 0.477 e. The molecule has 0 radical (unpaired) electrons. The number of anilines is 1. The maximum Gasteiger partial charge on any atom is 0.344 e. The van der Waals surface area contributed by atoms with Crippen LogP contribution in [-0.4, -0.2) is 53.8 Å². The number of benzene rings is 1. The highest BCUT2D eigenvalue weighted by atomic mass is 35.5. The van der Waals surface area contributed by atoms with E-state index >= 15 is 0 Å². The molecule has 1 atom stereocenters. The molecule has 9 nitrogen and oxygen atoms in total. The van der Waals surface area contributed by atoms with Crippen LogP contribution in [0, 0.1) is 5.82 Å². The number of urea groups is 1. The number of halogens is 2. The van der Waals surface area contributed by atoms with Gasteiger partial charge >= 0.3 is 12.0 Å². The van der Waals surface area contributed by atoms with Crippen LogP contribution < -0.4 is 20.7 Å². The van der Waals surface area contributed by atoms with Crippen molar-refractivity contribution in [3.63, 3.8) is 0 Å². The second-order valence-electron chi connectivity index (χ2n) is 6.05. The summed E-state index contributed by atoms with van der Waals surface area (Å²) in [5, 5.41) is 17.9. The van der Waals surface area contributed by atoms with Gasteiger partial charge in [0.2, 0.25) is 5.88 Å². The number of carboxylic acids is 1. The van der Waals surface area contributed by atoms with E-state index in [1.54, 1.807) is 0 Å². The minimum atomic E-state index is -1.33. The number of carbonyl (C=O) groups excluding carboxylic acids is 1. The number of amides is 2. The van der Waals surface area contributed by atoms with Gasteiger partial charge in [0, 0.05) is 30.2 Å². The molecule has 2 heterocycles. The molecule has 1 unspecified atom stereocenters. The van der Waals surface area contributed by atoms with Crippen LogP contribution in [0.1, 0.15) is 15.9 Å². The van der Waals surface area contributed by atoms with E-state index in [1.807, 2.05) is 0 Å².